The van der Waals surface area contributed by atoms with Gasteiger partial charge in [-0.15, -0.1) is 0 Å². The molecule has 0 aromatic rings. The van der Waals surface area contributed by atoms with Crippen molar-refractivity contribution in [2.24, 2.45) is 57.2 Å². The summed E-state index contributed by atoms with van der Waals surface area (Å²) in [6, 6.07) is 0. The second-order valence-electron chi connectivity index (χ2n) is 15.2. The van der Waals surface area contributed by atoms with E-state index in [-0.39, 0.29) is 45.8 Å². The third-order valence-electron chi connectivity index (χ3n) is 12.9. The number of hydrogen-bond donors (Lipinski definition) is 0. The molecule has 0 amide bonds. The molecule has 1 aliphatic heterocycles. The number of rotatable bonds is 6. The zero-order chi connectivity index (χ0) is 26.3. The highest BCUT2D eigenvalue weighted by molar-refractivity contribution is 5.82. The van der Waals surface area contributed by atoms with Crippen molar-refractivity contribution < 1.29 is 19.1 Å². The third-order valence-corrected chi connectivity index (χ3v) is 12.9. The fourth-order valence-electron chi connectivity index (χ4n) is 11.3. The van der Waals surface area contributed by atoms with Crippen molar-refractivity contribution in [3.05, 3.63) is 0 Å². The minimum absolute atomic E-state index is 0.0171. The lowest BCUT2D eigenvalue weighted by Gasteiger charge is -2.66. The van der Waals surface area contributed by atoms with E-state index < -0.39 is 0 Å². The van der Waals surface area contributed by atoms with Gasteiger partial charge in [0.1, 0.15) is 12.2 Å². The van der Waals surface area contributed by atoms with Gasteiger partial charge in [-0.3, -0.25) is 9.59 Å². The van der Waals surface area contributed by atoms with E-state index in [9.17, 15) is 9.59 Å². The summed E-state index contributed by atoms with van der Waals surface area (Å²) < 4.78 is 12.4. The molecule has 36 heavy (non-hydrogen) atoms. The summed E-state index contributed by atoms with van der Waals surface area (Å²) in [5, 5.41) is 0. The van der Waals surface area contributed by atoms with Crippen LogP contribution in [0.5, 0.6) is 0 Å². The summed E-state index contributed by atoms with van der Waals surface area (Å²) in [4.78, 5) is 25.9. The highest BCUT2D eigenvalue weighted by Gasteiger charge is 2.77. The Hall–Kier alpha value is -1.06. The first-order valence-electron chi connectivity index (χ1n) is 15.2. The van der Waals surface area contributed by atoms with E-state index in [1.54, 1.807) is 6.92 Å². The lowest BCUT2D eigenvalue weighted by atomic mass is 9.37. The standard InChI is InChI=1S/C32H52O4/c1-19(2)10-9-11-20(3)22-14-17-31(8)23-12-13-25-29(5,6)26(35-21(4)33)15-16-30(25,7)27(23)24-18-32(22,31)28(34)36-24/h19-20,22-27H,9-18H2,1-8H3. The Balaban J connectivity index is 1.45. The SMILES string of the molecule is CC(=O)OC1CCC2(C)C3C4CC5(C(=O)O4)C(C(C)CCCC(C)C)CCC5(C)C3CCC2C1(C)C. The van der Waals surface area contributed by atoms with Crippen molar-refractivity contribution in [3.63, 3.8) is 0 Å². The number of fused-ring (bicyclic) bond motifs is 6. The Labute approximate surface area is 220 Å². The van der Waals surface area contributed by atoms with Gasteiger partial charge in [0, 0.05) is 24.7 Å². The van der Waals surface area contributed by atoms with Gasteiger partial charge in [-0.25, -0.2) is 0 Å². The molecule has 10 unspecified atom stereocenters. The molecule has 0 aromatic heterocycles. The summed E-state index contributed by atoms with van der Waals surface area (Å²) in [6.45, 7) is 18.2. The first kappa shape index (κ1) is 26.5. The van der Waals surface area contributed by atoms with Crippen molar-refractivity contribution in [3.8, 4) is 0 Å². The van der Waals surface area contributed by atoms with Crippen molar-refractivity contribution in [1.82, 2.24) is 0 Å². The zero-order valence-electron chi connectivity index (χ0n) is 24.3. The van der Waals surface area contributed by atoms with Crippen LogP contribution in [0.2, 0.25) is 0 Å². The number of ether oxygens (including phenoxy) is 2. The van der Waals surface area contributed by atoms with Gasteiger partial charge < -0.3 is 9.47 Å². The van der Waals surface area contributed by atoms with Gasteiger partial charge in [-0.05, 0) is 78.9 Å². The molecule has 4 nitrogen and oxygen atoms in total. The maximum absolute atomic E-state index is 14.0. The largest absolute Gasteiger partial charge is 0.462 e. The van der Waals surface area contributed by atoms with Crippen molar-refractivity contribution in [1.29, 1.82) is 0 Å². The van der Waals surface area contributed by atoms with Crippen LogP contribution in [0.15, 0.2) is 0 Å². The van der Waals surface area contributed by atoms with Crippen LogP contribution in [0.4, 0.5) is 0 Å². The number of hydrogen-bond acceptors (Lipinski definition) is 4. The van der Waals surface area contributed by atoms with Crippen LogP contribution >= 0.6 is 0 Å². The Morgan fingerprint density at radius 2 is 1.75 bits per heavy atom. The second kappa shape index (κ2) is 8.73. The van der Waals surface area contributed by atoms with Crippen LogP contribution in [0.3, 0.4) is 0 Å². The van der Waals surface area contributed by atoms with E-state index in [4.69, 9.17) is 9.47 Å². The lowest BCUT2D eigenvalue weighted by molar-refractivity contribution is -0.213. The molecule has 10 atom stereocenters. The first-order chi connectivity index (χ1) is 16.8. The Morgan fingerprint density at radius 3 is 2.42 bits per heavy atom. The van der Waals surface area contributed by atoms with Crippen molar-refractivity contribution in [2.75, 3.05) is 0 Å². The number of esters is 2. The molecule has 204 valence electrons. The highest BCUT2D eigenvalue weighted by Crippen LogP contribution is 2.77. The van der Waals surface area contributed by atoms with Crippen LogP contribution in [-0.4, -0.2) is 24.1 Å². The monoisotopic (exact) mass is 500 g/mol. The highest BCUT2D eigenvalue weighted by atomic mass is 16.6. The summed E-state index contributed by atoms with van der Waals surface area (Å²) >= 11 is 0. The second-order valence-corrected chi connectivity index (χ2v) is 15.2. The molecule has 1 saturated heterocycles. The molecular weight excluding hydrogens is 448 g/mol. The Kier molecular flexibility index (Phi) is 6.44. The van der Waals surface area contributed by atoms with E-state index in [0.717, 1.165) is 25.2 Å². The molecule has 5 fully saturated rings. The van der Waals surface area contributed by atoms with Crippen molar-refractivity contribution in [2.45, 2.75) is 132 Å². The predicted molar refractivity (Wildman–Crippen MR) is 142 cm³/mol. The normalized spacial score (nSPS) is 47.5. The molecule has 4 saturated carbocycles. The molecule has 2 bridgehead atoms. The quantitative estimate of drug-likeness (QED) is 0.353. The van der Waals surface area contributed by atoms with Gasteiger partial charge in [-0.2, -0.15) is 0 Å². The molecule has 1 spiro atoms. The average Bonchev–Trinajstić information content (AvgIpc) is 3.26. The first-order valence-corrected chi connectivity index (χ1v) is 15.2. The average molecular weight is 501 g/mol. The van der Waals surface area contributed by atoms with Gasteiger partial charge in [0.05, 0.1) is 5.41 Å². The van der Waals surface area contributed by atoms with E-state index in [1.807, 2.05) is 0 Å². The Bertz CT molecular complexity index is 893. The summed E-state index contributed by atoms with van der Waals surface area (Å²) in [5.41, 5.74) is -0.174. The molecule has 1 heterocycles. The molecule has 4 heteroatoms. The van der Waals surface area contributed by atoms with Crippen LogP contribution < -0.4 is 0 Å². The van der Waals surface area contributed by atoms with Crippen LogP contribution in [0.25, 0.3) is 0 Å². The van der Waals surface area contributed by atoms with Crippen LogP contribution in [0, 0.1) is 57.2 Å². The van der Waals surface area contributed by atoms with E-state index in [2.05, 4.69) is 48.5 Å². The minimum atomic E-state index is -0.274. The van der Waals surface area contributed by atoms with E-state index in [0.29, 0.717) is 29.6 Å². The maximum Gasteiger partial charge on any atom is 0.313 e. The van der Waals surface area contributed by atoms with Gasteiger partial charge in [-0.1, -0.05) is 67.7 Å². The van der Waals surface area contributed by atoms with Crippen LogP contribution in [0.1, 0.15) is 120 Å². The van der Waals surface area contributed by atoms with Gasteiger partial charge in [0.25, 0.3) is 0 Å². The number of carbonyl (C=O) groups excluding carboxylic acids is 2. The predicted octanol–water partition coefficient (Wildman–Crippen LogP) is 7.58. The van der Waals surface area contributed by atoms with Gasteiger partial charge >= 0.3 is 11.9 Å². The van der Waals surface area contributed by atoms with E-state index in [1.165, 1.54) is 44.9 Å². The van der Waals surface area contributed by atoms with Crippen molar-refractivity contribution >= 4 is 11.9 Å². The van der Waals surface area contributed by atoms with Gasteiger partial charge in [0.2, 0.25) is 0 Å². The fraction of sp³-hybridized carbons (Fsp3) is 0.938. The molecule has 0 N–H and O–H groups in total. The van der Waals surface area contributed by atoms with E-state index >= 15 is 0 Å². The number of carbonyl (C=O) groups is 2. The lowest BCUT2D eigenvalue weighted by Crippen LogP contribution is -2.64. The smallest absolute Gasteiger partial charge is 0.313 e. The fourth-order valence-corrected chi connectivity index (χ4v) is 11.3. The summed E-state index contributed by atoms with van der Waals surface area (Å²) in [5.74, 6) is 3.24. The molecule has 5 aliphatic rings. The zero-order valence-corrected chi connectivity index (χ0v) is 24.3. The Morgan fingerprint density at radius 1 is 1.03 bits per heavy atom. The van der Waals surface area contributed by atoms with Gasteiger partial charge in [0.15, 0.2) is 0 Å². The molecular formula is C32H52O4. The molecule has 5 rings (SSSR count). The summed E-state index contributed by atoms with van der Waals surface area (Å²) in [6.07, 6.45) is 11.5. The summed E-state index contributed by atoms with van der Waals surface area (Å²) in [7, 11) is 0. The molecule has 4 aliphatic carbocycles. The third kappa shape index (κ3) is 3.50. The van der Waals surface area contributed by atoms with Crippen LogP contribution in [-0.2, 0) is 19.1 Å². The maximum atomic E-state index is 14.0. The molecule has 0 radical (unpaired) electrons. The molecule has 0 aromatic carbocycles. The topological polar surface area (TPSA) is 52.6 Å². The minimum Gasteiger partial charge on any atom is -0.462 e.